The van der Waals surface area contributed by atoms with E-state index >= 15 is 0 Å². The van der Waals surface area contributed by atoms with Crippen molar-refractivity contribution in [3.05, 3.63) is 94.2 Å². The first-order valence-corrected chi connectivity index (χ1v) is 10.5. The number of fused-ring (bicyclic) bond motifs is 1. The van der Waals surface area contributed by atoms with Gasteiger partial charge in [-0.1, -0.05) is 6.07 Å². The van der Waals surface area contributed by atoms with Crippen molar-refractivity contribution in [2.75, 3.05) is 0 Å². The molecule has 7 nitrogen and oxygen atoms in total. The van der Waals surface area contributed by atoms with E-state index in [1.54, 1.807) is 13.0 Å². The fourth-order valence-corrected chi connectivity index (χ4v) is 3.88. The van der Waals surface area contributed by atoms with Crippen molar-refractivity contribution in [2.24, 2.45) is 4.99 Å². The monoisotopic (exact) mass is 475 g/mol. The maximum atomic E-state index is 14.7. The van der Waals surface area contributed by atoms with Crippen LogP contribution in [-0.2, 0) is 4.79 Å². The molecule has 5 rings (SSSR count). The Morgan fingerprint density at radius 1 is 1.00 bits per heavy atom. The summed E-state index contributed by atoms with van der Waals surface area (Å²) in [4.78, 5) is 37.8. The minimum atomic E-state index is -0.961. The highest BCUT2D eigenvalue weighted by atomic mass is 19.1. The number of carbonyl (C=O) groups excluding carboxylic acids is 1. The van der Waals surface area contributed by atoms with Crippen LogP contribution in [0.3, 0.4) is 0 Å². The highest BCUT2D eigenvalue weighted by Gasteiger charge is 2.20. The molecule has 10 heteroatoms. The summed E-state index contributed by atoms with van der Waals surface area (Å²) in [6.07, 6.45) is 2.94. The van der Waals surface area contributed by atoms with E-state index < -0.39 is 28.7 Å². The fraction of sp³-hybridized carbons (Fsp3) is 0.0800. The lowest BCUT2D eigenvalue weighted by atomic mass is 10.0. The third kappa shape index (κ3) is 4.10. The number of aromatic nitrogens is 3. The number of halogens is 3. The zero-order chi connectivity index (χ0) is 24.7. The SMILES string of the molecule is Cc1cc(F)ccc1-c1nc(N=C2C=CNC(=O)C2)nc2c1ccc(=O)n2-c1c(F)cccc1F. The van der Waals surface area contributed by atoms with Gasteiger partial charge in [-0.25, -0.2) is 23.1 Å². The summed E-state index contributed by atoms with van der Waals surface area (Å²) in [6.45, 7) is 1.68. The topological polar surface area (TPSA) is 89.2 Å². The first-order valence-electron chi connectivity index (χ1n) is 10.5. The quantitative estimate of drug-likeness (QED) is 0.479. The summed E-state index contributed by atoms with van der Waals surface area (Å²) < 4.78 is 44.1. The molecular weight excluding hydrogens is 459 g/mol. The van der Waals surface area contributed by atoms with E-state index in [0.29, 0.717) is 22.2 Å². The van der Waals surface area contributed by atoms with Crippen LogP contribution < -0.4 is 10.9 Å². The molecule has 0 saturated heterocycles. The van der Waals surface area contributed by atoms with Gasteiger partial charge in [0.25, 0.3) is 11.5 Å². The third-order valence-electron chi connectivity index (χ3n) is 5.45. The second-order valence-electron chi connectivity index (χ2n) is 7.83. The molecule has 3 heterocycles. The number of benzene rings is 2. The predicted molar refractivity (Wildman–Crippen MR) is 124 cm³/mol. The predicted octanol–water partition coefficient (Wildman–Crippen LogP) is 4.28. The summed E-state index contributed by atoms with van der Waals surface area (Å²) >= 11 is 0. The van der Waals surface area contributed by atoms with Gasteiger partial charge in [-0.15, -0.1) is 0 Å². The van der Waals surface area contributed by atoms with Crippen molar-refractivity contribution in [2.45, 2.75) is 13.3 Å². The zero-order valence-electron chi connectivity index (χ0n) is 18.2. The Kier molecular flexibility index (Phi) is 5.48. The number of pyridine rings is 1. The molecule has 0 bridgehead atoms. The van der Waals surface area contributed by atoms with E-state index in [2.05, 4.69) is 20.3 Å². The Bertz CT molecular complexity index is 1620. The molecule has 1 amide bonds. The fourth-order valence-electron chi connectivity index (χ4n) is 3.88. The highest BCUT2D eigenvalue weighted by Crippen LogP contribution is 2.32. The van der Waals surface area contributed by atoms with Crippen LogP contribution in [0.4, 0.5) is 19.1 Å². The van der Waals surface area contributed by atoms with Crippen LogP contribution in [-0.4, -0.2) is 26.2 Å². The van der Waals surface area contributed by atoms with E-state index in [1.807, 2.05) is 0 Å². The number of rotatable bonds is 3. The van der Waals surface area contributed by atoms with Crippen LogP contribution >= 0.6 is 0 Å². The molecule has 0 unspecified atom stereocenters. The smallest absolute Gasteiger partial charge is 0.256 e. The van der Waals surface area contributed by atoms with Crippen molar-refractivity contribution in [3.8, 4) is 16.9 Å². The Labute approximate surface area is 196 Å². The zero-order valence-corrected chi connectivity index (χ0v) is 18.2. The minimum absolute atomic E-state index is 0.0354. The average molecular weight is 475 g/mol. The van der Waals surface area contributed by atoms with E-state index in [0.717, 1.165) is 22.8 Å². The van der Waals surface area contributed by atoms with Gasteiger partial charge >= 0.3 is 0 Å². The summed E-state index contributed by atoms with van der Waals surface area (Å²) in [5.74, 6) is -2.79. The molecule has 1 aliphatic heterocycles. The van der Waals surface area contributed by atoms with Gasteiger partial charge in [0.2, 0.25) is 5.91 Å². The molecule has 2 aromatic carbocycles. The first-order chi connectivity index (χ1) is 16.8. The van der Waals surface area contributed by atoms with Gasteiger partial charge in [0, 0.05) is 23.2 Å². The van der Waals surface area contributed by atoms with Crippen molar-refractivity contribution in [3.63, 3.8) is 0 Å². The van der Waals surface area contributed by atoms with Crippen molar-refractivity contribution in [1.82, 2.24) is 19.9 Å². The standard InChI is InChI=1S/C25H16F3N5O2/c1-13-11-14(26)5-6-16(13)22-17-7-8-21(35)33(23-18(27)3-2-4-19(23)28)24(17)32-25(31-22)30-15-9-10-29-20(34)12-15/h2-11H,12H2,1H3,(H,29,34). The molecule has 1 aliphatic rings. The van der Waals surface area contributed by atoms with Gasteiger partial charge < -0.3 is 5.32 Å². The number of hydrogen-bond donors (Lipinski definition) is 1. The molecule has 0 radical (unpaired) electrons. The van der Waals surface area contributed by atoms with Gasteiger partial charge in [0.05, 0.1) is 17.8 Å². The number of aryl methyl sites for hydroxylation is 1. The summed E-state index contributed by atoms with van der Waals surface area (Å²) in [6, 6.07) is 9.92. The van der Waals surface area contributed by atoms with Gasteiger partial charge in [0.15, 0.2) is 5.65 Å². The number of allylic oxidation sites excluding steroid dienone is 1. The molecule has 4 aromatic rings. The normalized spacial score (nSPS) is 14.5. The second kappa shape index (κ2) is 8.64. The van der Waals surface area contributed by atoms with E-state index in [1.165, 1.54) is 36.5 Å². The van der Waals surface area contributed by atoms with Crippen LogP contribution in [0.2, 0.25) is 0 Å². The molecule has 1 N–H and O–H groups in total. The molecule has 35 heavy (non-hydrogen) atoms. The summed E-state index contributed by atoms with van der Waals surface area (Å²) in [7, 11) is 0. The van der Waals surface area contributed by atoms with Crippen LogP contribution in [0.5, 0.6) is 0 Å². The summed E-state index contributed by atoms with van der Waals surface area (Å²) in [5, 5.41) is 2.82. The van der Waals surface area contributed by atoms with Crippen LogP contribution in [0, 0.1) is 24.4 Å². The maximum absolute atomic E-state index is 14.7. The minimum Gasteiger partial charge on any atom is -0.332 e. The first kappa shape index (κ1) is 22.2. The number of nitrogens with zero attached hydrogens (tertiary/aromatic N) is 4. The molecule has 174 valence electrons. The Balaban J connectivity index is 1.88. The molecule has 0 atom stereocenters. The number of hydrogen-bond acceptors (Lipinski definition) is 5. The van der Waals surface area contributed by atoms with Crippen molar-refractivity contribution >= 4 is 28.6 Å². The molecule has 2 aromatic heterocycles. The lowest BCUT2D eigenvalue weighted by Crippen LogP contribution is -2.24. The van der Waals surface area contributed by atoms with E-state index in [4.69, 9.17) is 0 Å². The highest BCUT2D eigenvalue weighted by molar-refractivity contribution is 6.10. The van der Waals surface area contributed by atoms with E-state index in [9.17, 15) is 22.8 Å². The molecular formula is C25H16F3N5O2. The van der Waals surface area contributed by atoms with Crippen molar-refractivity contribution in [1.29, 1.82) is 0 Å². The third-order valence-corrected chi connectivity index (χ3v) is 5.45. The van der Waals surface area contributed by atoms with E-state index in [-0.39, 0.29) is 29.6 Å². The number of aliphatic imine (C=N–C) groups is 1. The Morgan fingerprint density at radius 2 is 1.77 bits per heavy atom. The molecule has 0 fully saturated rings. The van der Waals surface area contributed by atoms with Crippen LogP contribution in [0.25, 0.3) is 28.0 Å². The number of para-hydroxylation sites is 1. The van der Waals surface area contributed by atoms with Gasteiger partial charge in [0.1, 0.15) is 23.1 Å². The van der Waals surface area contributed by atoms with Crippen LogP contribution in [0.1, 0.15) is 12.0 Å². The van der Waals surface area contributed by atoms with Gasteiger partial charge in [-0.2, -0.15) is 4.98 Å². The lowest BCUT2D eigenvalue weighted by molar-refractivity contribution is -0.119. The number of nitrogens with one attached hydrogen (secondary N) is 1. The maximum Gasteiger partial charge on any atom is 0.256 e. The lowest BCUT2D eigenvalue weighted by Gasteiger charge is -2.15. The van der Waals surface area contributed by atoms with Gasteiger partial charge in [-0.05, 0) is 55.0 Å². The van der Waals surface area contributed by atoms with Gasteiger partial charge in [-0.3, -0.25) is 14.2 Å². The molecule has 0 aliphatic carbocycles. The summed E-state index contributed by atoms with van der Waals surface area (Å²) in [5.41, 5.74) is 0.251. The molecule has 0 spiro atoms. The molecule has 0 saturated carbocycles. The second-order valence-corrected chi connectivity index (χ2v) is 7.83. The Morgan fingerprint density at radius 3 is 2.49 bits per heavy atom. The average Bonchev–Trinajstić information content (AvgIpc) is 2.80. The van der Waals surface area contributed by atoms with Crippen LogP contribution in [0.15, 0.2) is 70.6 Å². The number of amides is 1. The largest absolute Gasteiger partial charge is 0.332 e. The van der Waals surface area contributed by atoms with Crippen molar-refractivity contribution < 1.29 is 18.0 Å². The Hall–Kier alpha value is -4.60. The number of carbonyl (C=O) groups is 1.